The van der Waals surface area contributed by atoms with Gasteiger partial charge in [-0.25, -0.2) is 0 Å². The van der Waals surface area contributed by atoms with Crippen LogP contribution in [-0.4, -0.2) is 36.8 Å². The summed E-state index contributed by atoms with van der Waals surface area (Å²) in [6, 6.07) is 7.40. The summed E-state index contributed by atoms with van der Waals surface area (Å²) in [7, 11) is 0. The minimum absolute atomic E-state index is 0.194. The Morgan fingerprint density at radius 1 is 1.56 bits per heavy atom. The van der Waals surface area contributed by atoms with Crippen LogP contribution in [-0.2, 0) is 4.79 Å². The van der Waals surface area contributed by atoms with Gasteiger partial charge in [-0.05, 0) is 18.2 Å². The van der Waals surface area contributed by atoms with Crippen LogP contribution >= 0.6 is 15.9 Å². The second-order valence-electron chi connectivity index (χ2n) is 3.84. The van der Waals surface area contributed by atoms with Crippen molar-refractivity contribution in [1.29, 1.82) is 0 Å². The molecule has 0 aromatic heterocycles. The fourth-order valence-corrected chi connectivity index (χ4v) is 1.67. The van der Waals surface area contributed by atoms with Gasteiger partial charge in [0, 0.05) is 24.0 Å². The highest BCUT2D eigenvalue weighted by Gasteiger charge is 2.05. The quantitative estimate of drug-likeness (QED) is 0.615. The van der Waals surface area contributed by atoms with E-state index in [1.165, 1.54) is 0 Å². The van der Waals surface area contributed by atoms with E-state index in [4.69, 9.17) is 10.5 Å². The smallest absolute Gasteiger partial charge is 0.218 e. The van der Waals surface area contributed by atoms with Crippen molar-refractivity contribution in [1.82, 2.24) is 5.32 Å². The molecule has 5 nitrogen and oxygen atoms in total. The Balaban J connectivity index is 2.17. The van der Waals surface area contributed by atoms with Crippen molar-refractivity contribution in [2.45, 2.75) is 12.5 Å². The number of ether oxygens (including phenoxy) is 1. The largest absolute Gasteiger partial charge is 0.491 e. The number of primary amides is 1. The van der Waals surface area contributed by atoms with E-state index in [0.29, 0.717) is 18.8 Å². The monoisotopic (exact) mass is 316 g/mol. The molecule has 0 aliphatic heterocycles. The van der Waals surface area contributed by atoms with Gasteiger partial charge < -0.3 is 20.9 Å². The first kappa shape index (κ1) is 14.9. The summed E-state index contributed by atoms with van der Waals surface area (Å²) in [6.45, 7) is 1.02. The molecule has 6 heteroatoms. The molecule has 1 aromatic carbocycles. The zero-order valence-corrected chi connectivity index (χ0v) is 11.5. The first-order valence-corrected chi connectivity index (χ1v) is 6.42. The topological polar surface area (TPSA) is 84.6 Å². The molecule has 1 unspecified atom stereocenters. The number of carbonyl (C=O) groups excluding carboxylic acids is 1. The molecular formula is C12H17BrN2O3. The molecule has 1 atom stereocenters. The number of rotatable bonds is 8. The van der Waals surface area contributed by atoms with Gasteiger partial charge >= 0.3 is 0 Å². The van der Waals surface area contributed by atoms with Crippen LogP contribution in [0.5, 0.6) is 5.75 Å². The van der Waals surface area contributed by atoms with Crippen molar-refractivity contribution in [3.05, 3.63) is 28.7 Å². The predicted molar refractivity (Wildman–Crippen MR) is 72.3 cm³/mol. The number of halogens is 1. The molecule has 100 valence electrons. The van der Waals surface area contributed by atoms with Gasteiger partial charge in [-0.2, -0.15) is 0 Å². The number of nitrogens with two attached hydrogens (primary N) is 1. The molecule has 0 aliphatic carbocycles. The lowest BCUT2D eigenvalue weighted by Gasteiger charge is -2.13. The highest BCUT2D eigenvalue weighted by Crippen LogP contribution is 2.17. The summed E-state index contributed by atoms with van der Waals surface area (Å²) in [5, 5.41) is 12.6. The fraction of sp³-hybridized carbons (Fsp3) is 0.417. The minimum atomic E-state index is -0.628. The van der Waals surface area contributed by atoms with Gasteiger partial charge in [-0.3, -0.25) is 4.79 Å². The standard InChI is InChI=1S/C12H17BrN2O3/c13-9-2-1-3-11(6-9)18-8-10(16)7-15-5-4-12(14)17/h1-3,6,10,15-16H,4-5,7-8H2,(H2,14,17). The van der Waals surface area contributed by atoms with Crippen molar-refractivity contribution in [2.24, 2.45) is 5.73 Å². The molecule has 0 heterocycles. The van der Waals surface area contributed by atoms with Crippen molar-refractivity contribution in [3.63, 3.8) is 0 Å². The summed E-state index contributed by atoms with van der Waals surface area (Å²) >= 11 is 3.34. The van der Waals surface area contributed by atoms with Gasteiger partial charge in [-0.1, -0.05) is 22.0 Å². The van der Waals surface area contributed by atoms with E-state index in [1.807, 2.05) is 24.3 Å². The zero-order chi connectivity index (χ0) is 13.4. The Bertz CT molecular complexity index is 387. The summed E-state index contributed by atoms with van der Waals surface area (Å²) in [5.41, 5.74) is 4.99. The fourth-order valence-electron chi connectivity index (χ4n) is 1.29. The summed E-state index contributed by atoms with van der Waals surface area (Å²) < 4.78 is 6.34. The van der Waals surface area contributed by atoms with Crippen LogP contribution in [0.3, 0.4) is 0 Å². The molecule has 0 bridgehead atoms. The molecule has 18 heavy (non-hydrogen) atoms. The van der Waals surface area contributed by atoms with E-state index in [1.54, 1.807) is 0 Å². The Hall–Kier alpha value is -1.11. The molecule has 1 aromatic rings. The van der Waals surface area contributed by atoms with E-state index in [0.717, 1.165) is 4.47 Å². The first-order valence-electron chi connectivity index (χ1n) is 5.63. The van der Waals surface area contributed by atoms with Crippen molar-refractivity contribution < 1.29 is 14.6 Å². The van der Waals surface area contributed by atoms with Gasteiger partial charge in [0.05, 0.1) is 0 Å². The number of aliphatic hydroxyl groups is 1. The number of hydrogen-bond acceptors (Lipinski definition) is 4. The predicted octanol–water partition coefficient (Wildman–Crippen LogP) is 0.654. The SMILES string of the molecule is NC(=O)CCNCC(O)COc1cccc(Br)c1. The van der Waals surface area contributed by atoms with E-state index in [2.05, 4.69) is 21.2 Å². The number of carbonyl (C=O) groups is 1. The maximum absolute atomic E-state index is 10.5. The lowest BCUT2D eigenvalue weighted by atomic mass is 10.3. The summed E-state index contributed by atoms with van der Waals surface area (Å²) in [5.74, 6) is 0.336. The van der Waals surface area contributed by atoms with Crippen molar-refractivity contribution in [2.75, 3.05) is 19.7 Å². The number of hydrogen-bond donors (Lipinski definition) is 3. The van der Waals surface area contributed by atoms with Crippen molar-refractivity contribution in [3.8, 4) is 5.75 Å². The zero-order valence-electron chi connectivity index (χ0n) is 9.93. The molecule has 1 rings (SSSR count). The van der Waals surface area contributed by atoms with Crippen molar-refractivity contribution >= 4 is 21.8 Å². The van der Waals surface area contributed by atoms with Gasteiger partial charge in [0.2, 0.25) is 5.91 Å². The maximum Gasteiger partial charge on any atom is 0.218 e. The third-order valence-electron chi connectivity index (χ3n) is 2.17. The molecular weight excluding hydrogens is 300 g/mol. The molecule has 0 saturated carbocycles. The second kappa shape index (κ2) is 8.07. The van der Waals surface area contributed by atoms with Gasteiger partial charge in [0.15, 0.2) is 0 Å². The molecule has 0 aliphatic rings. The highest BCUT2D eigenvalue weighted by molar-refractivity contribution is 9.10. The van der Waals surface area contributed by atoms with Crippen LogP contribution in [0.2, 0.25) is 0 Å². The molecule has 0 saturated heterocycles. The number of benzene rings is 1. The summed E-state index contributed by atoms with van der Waals surface area (Å²) in [6.07, 6.45) is -0.365. The molecule has 0 spiro atoms. The van der Waals surface area contributed by atoms with E-state index < -0.39 is 6.10 Å². The highest BCUT2D eigenvalue weighted by atomic mass is 79.9. The molecule has 0 radical (unpaired) electrons. The van der Waals surface area contributed by atoms with Crippen LogP contribution in [0.1, 0.15) is 6.42 Å². The van der Waals surface area contributed by atoms with Gasteiger partial charge in [-0.15, -0.1) is 0 Å². The molecule has 1 amide bonds. The Labute approximate surface area is 114 Å². The second-order valence-corrected chi connectivity index (χ2v) is 4.76. The van der Waals surface area contributed by atoms with Crippen LogP contribution in [0.15, 0.2) is 28.7 Å². The van der Waals surface area contributed by atoms with Crippen LogP contribution in [0.4, 0.5) is 0 Å². The number of amides is 1. The Morgan fingerprint density at radius 3 is 3.00 bits per heavy atom. The Morgan fingerprint density at radius 2 is 2.33 bits per heavy atom. The molecule has 4 N–H and O–H groups in total. The first-order chi connectivity index (χ1) is 8.58. The average Bonchev–Trinajstić information content (AvgIpc) is 2.32. The van der Waals surface area contributed by atoms with E-state index >= 15 is 0 Å². The lowest BCUT2D eigenvalue weighted by Crippen LogP contribution is -2.33. The molecule has 0 fully saturated rings. The van der Waals surface area contributed by atoms with Gasteiger partial charge in [0.25, 0.3) is 0 Å². The number of nitrogens with one attached hydrogen (secondary N) is 1. The normalized spacial score (nSPS) is 12.1. The third-order valence-corrected chi connectivity index (χ3v) is 2.66. The van der Waals surface area contributed by atoms with E-state index in [9.17, 15) is 9.90 Å². The average molecular weight is 317 g/mol. The van der Waals surface area contributed by atoms with Crippen LogP contribution in [0, 0.1) is 0 Å². The van der Waals surface area contributed by atoms with Crippen LogP contribution in [0.25, 0.3) is 0 Å². The lowest BCUT2D eigenvalue weighted by molar-refractivity contribution is -0.117. The third kappa shape index (κ3) is 6.58. The summed E-state index contributed by atoms with van der Waals surface area (Å²) in [4.78, 5) is 10.5. The maximum atomic E-state index is 10.5. The van der Waals surface area contributed by atoms with E-state index in [-0.39, 0.29) is 18.9 Å². The minimum Gasteiger partial charge on any atom is -0.491 e. The number of aliphatic hydroxyl groups excluding tert-OH is 1. The Kier molecular flexibility index (Phi) is 6.70. The van der Waals surface area contributed by atoms with Gasteiger partial charge in [0.1, 0.15) is 18.5 Å². The van der Waals surface area contributed by atoms with Crippen LogP contribution < -0.4 is 15.8 Å².